The van der Waals surface area contributed by atoms with E-state index in [4.69, 9.17) is 13.8 Å². The normalized spacial score (nSPS) is 14.1. The van der Waals surface area contributed by atoms with Crippen LogP contribution in [0.5, 0.6) is 0 Å². The second kappa shape index (κ2) is 62.2. The Kier molecular flexibility index (Phi) is 60.1. The Morgan fingerprint density at radius 1 is 0.422 bits per heavy atom. The summed E-state index contributed by atoms with van der Waals surface area (Å²) in [4.78, 5) is 37.8. The zero-order valence-electron chi connectivity index (χ0n) is 55.2. The molecule has 0 aromatic heterocycles. The summed E-state index contributed by atoms with van der Waals surface area (Å²) in [7, 11) is 1.49. The SMILES string of the molecule is CCCCC/C=C\C/C=C\C/C=C\C/C=C\CCCCCCCCCCCCCC(=O)OC(/C=C\CCCCCCCCCCC)C(COP(=O)(O)OCC[N+](C)(C)C)NC(=O)CCCCCCCCCCC/C=C\C/C=C\CCCCC. The third-order valence-electron chi connectivity index (χ3n) is 15.3. The first-order chi connectivity index (χ1) is 40.4. The molecule has 0 aliphatic heterocycles. The van der Waals surface area contributed by atoms with Crippen molar-refractivity contribution in [3.63, 3.8) is 0 Å². The Bertz CT molecular complexity index is 1700. The lowest BCUT2D eigenvalue weighted by Gasteiger charge is -2.27. The van der Waals surface area contributed by atoms with Crippen LogP contribution in [0.3, 0.4) is 0 Å². The Morgan fingerprint density at radius 2 is 0.735 bits per heavy atom. The molecule has 0 heterocycles. The fourth-order valence-corrected chi connectivity index (χ4v) is 10.6. The second-order valence-electron chi connectivity index (χ2n) is 24.7. The van der Waals surface area contributed by atoms with Gasteiger partial charge in [0.1, 0.15) is 19.3 Å². The number of rotatable bonds is 63. The number of allylic oxidation sites excluding steroid dienone is 13. The van der Waals surface area contributed by atoms with Gasteiger partial charge in [-0.15, -0.1) is 0 Å². The lowest BCUT2D eigenvalue weighted by Crippen LogP contribution is -2.47. The van der Waals surface area contributed by atoms with Gasteiger partial charge < -0.3 is 19.4 Å². The molecule has 0 spiro atoms. The van der Waals surface area contributed by atoms with Crippen LogP contribution in [-0.4, -0.2) is 74.3 Å². The van der Waals surface area contributed by atoms with Gasteiger partial charge in [-0.2, -0.15) is 0 Å². The van der Waals surface area contributed by atoms with Crippen LogP contribution < -0.4 is 5.32 Å². The quantitative estimate of drug-likeness (QED) is 0.0205. The highest BCUT2D eigenvalue weighted by atomic mass is 31.2. The second-order valence-corrected chi connectivity index (χ2v) is 26.1. The smallest absolute Gasteiger partial charge is 0.456 e. The highest BCUT2D eigenvalue weighted by Crippen LogP contribution is 2.43. The summed E-state index contributed by atoms with van der Waals surface area (Å²) in [6.07, 6.45) is 83.0. The van der Waals surface area contributed by atoms with Crippen molar-refractivity contribution in [3.8, 4) is 0 Å². The highest BCUT2D eigenvalue weighted by Gasteiger charge is 2.30. The molecule has 2 N–H and O–H groups in total. The van der Waals surface area contributed by atoms with Crippen LogP contribution in [0.1, 0.15) is 316 Å². The molecule has 482 valence electrons. The van der Waals surface area contributed by atoms with Gasteiger partial charge in [0.2, 0.25) is 5.91 Å². The summed E-state index contributed by atoms with van der Waals surface area (Å²) >= 11 is 0. The van der Waals surface area contributed by atoms with Crippen LogP contribution in [0.2, 0.25) is 0 Å². The number of carbonyl (C=O) groups excluding carboxylic acids is 2. The fourth-order valence-electron chi connectivity index (χ4n) is 9.90. The molecule has 3 atom stereocenters. The lowest BCUT2D eigenvalue weighted by molar-refractivity contribution is -0.870. The van der Waals surface area contributed by atoms with Gasteiger partial charge in [-0.25, -0.2) is 4.57 Å². The summed E-state index contributed by atoms with van der Waals surface area (Å²) in [5.41, 5.74) is 0. The van der Waals surface area contributed by atoms with Crippen molar-refractivity contribution in [2.45, 2.75) is 328 Å². The van der Waals surface area contributed by atoms with Gasteiger partial charge in [-0.05, 0) is 109 Å². The van der Waals surface area contributed by atoms with Crippen molar-refractivity contribution in [3.05, 3.63) is 85.1 Å². The molecule has 83 heavy (non-hydrogen) atoms. The number of esters is 1. The first kappa shape index (κ1) is 80.2. The van der Waals surface area contributed by atoms with Gasteiger partial charge in [-0.1, -0.05) is 280 Å². The predicted octanol–water partition coefficient (Wildman–Crippen LogP) is 22.1. The van der Waals surface area contributed by atoms with Gasteiger partial charge in [0, 0.05) is 12.8 Å². The van der Waals surface area contributed by atoms with E-state index >= 15 is 0 Å². The van der Waals surface area contributed by atoms with E-state index in [1.807, 2.05) is 33.3 Å². The number of nitrogens with zero attached hydrogens (tertiary/aromatic N) is 1. The molecule has 0 aromatic rings. The minimum Gasteiger partial charge on any atom is -0.456 e. The first-order valence-electron chi connectivity index (χ1n) is 34.9. The van der Waals surface area contributed by atoms with Crippen LogP contribution in [-0.2, 0) is 27.9 Å². The van der Waals surface area contributed by atoms with Crippen molar-refractivity contribution in [2.24, 2.45) is 0 Å². The molecular weight excluding hydrogens is 1050 g/mol. The van der Waals surface area contributed by atoms with Crippen molar-refractivity contribution < 1.29 is 37.3 Å². The van der Waals surface area contributed by atoms with Gasteiger partial charge in [0.15, 0.2) is 0 Å². The number of hydrogen-bond donors (Lipinski definition) is 2. The van der Waals surface area contributed by atoms with Crippen molar-refractivity contribution in [1.82, 2.24) is 5.32 Å². The summed E-state index contributed by atoms with van der Waals surface area (Å²) < 4.78 is 30.8. The van der Waals surface area contributed by atoms with E-state index < -0.39 is 20.0 Å². The Hall–Kier alpha value is -2.81. The molecule has 0 saturated heterocycles. The molecule has 0 radical (unpaired) electrons. The number of nitrogens with one attached hydrogen (secondary N) is 1. The highest BCUT2D eigenvalue weighted by molar-refractivity contribution is 7.47. The Labute approximate surface area is 514 Å². The third kappa shape index (κ3) is 63.5. The first-order valence-corrected chi connectivity index (χ1v) is 36.4. The Morgan fingerprint density at radius 3 is 1.12 bits per heavy atom. The summed E-state index contributed by atoms with van der Waals surface area (Å²) in [5, 5.41) is 3.06. The largest absolute Gasteiger partial charge is 0.472 e. The standard InChI is InChI=1S/C73H133N2O7P/c1-7-10-13-16-19-22-25-27-29-31-33-34-35-36-37-38-39-40-42-44-46-48-51-54-57-60-63-66-73(77)82-71(64-61-58-55-52-49-24-21-18-15-12-9-3)70(69-81-83(78,79)80-68-67-75(4,5)6)74-72(76)65-62-59-56-53-50-47-45-43-41-32-30-28-26-23-20-17-14-11-8-2/h19-20,22-23,27-30,33-34,36-37,61,64,70-71H,7-18,21,24-26,31-32,35,38-60,62-63,65-69H2,1-6H3,(H-,74,76,78,79)/p+1/b22-19-,23-20-,29-27-,30-28-,34-33-,37-36-,64-61-. The molecule has 0 fully saturated rings. The maximum absolute atomic E-state index is 13.6. The van der Waals surface area contributed by atoms with E-state index in [-0.39, 0.29) is 31.5 Å². The van der Waals surface area contributed by atoms with Gasteiger partial charge in [0.05, 0.1) is 33.8 Å². The van der Waals surface area contributed by atoms with Crippen LogP contribution in [0.15, 0.2) is 85.1 Å². The van der Waals surface area contributed by atoms with Gasteiger partial charge in [0.25, 0.3) is 0 Å². The number of carbonyl (C=O) groups is 2. The minimum atomic E-state index is -4.46. The average Bonchev–Trinajstić information content (AvgIpc) is 3.51. The zero-order valence-corrected chi connectivity index (χ0v) is 56.1. The van der Waals surface area contributed by atoms with E-state index in [1.165, 1.54) is 193 Å². The number of amides is 1. The molecule has 3 unspecified atom stereocenters. The molecule has 10 heteroatoms. The summed E-state index contributed by atoms with van der Waals surface area (Å²) in [6, 6.07) is -0.856. The fraction of sp³-hybridized carbons (Fsp3) is 0.781. The van der Waals surface area contributed by atoms with Crippen LogP contribution in [0.4, 0.5) is 0 Å². The Balaban J connectivity index is 5.04. The van der Waals surface area contributed by atoms with E-state index in [9.17, 15) is 19.0 Å². The number of unbranched alkanes of at least 4 members (excludes halogenated alkanes) is 35. The number of likely N-dealkylation sites (N-methyl/N-ethyl adjacent to an activating group) is 1. The number of ether oxygens (including phenoxy) is 1. The van der Waals surface area contributed by atoms with Crippen LogP contribution in [0, 0.1) is 0 Å². The van der Waals surface area contributed by atoms with E-state index in [0.717, 1.165) is 89.9 Å². The number of phosphoric acid groups is 1. The molecule has 0 aliphatic rings. The van der Waals surface area contributed by atoms with Crippen LogP contribution in [0.25, 0.3) is 0 Å². The topological polar surface area (TPSA) is 111 Å². The van der Waals surface area contributed by atoms with Crippen molar-refractivity contribution in [2.75, 3.05) is 40.9 Å². The molecule has 0 bridgehead atoms. The number of quaternary nitrogens is 1. The maximum Gasteiger partial charge on any atom is 0.472 e. The van der Waals surface area contributed by atoms with E-state index in [2.05, 4.69) is 99.0 Å². The molecular formula is C73H134N2O7P+. The number of phosphoric ester groups is 1. The average molecular weight is 1180 g/mol. The minimum absolute atomic E-state index is 0.0365. The van der Waals surface area contributed by atoms with Crippen molar-refractivity contribution in [1.29, 1.82) is 0 Å². The lowest BCUT2D eigenvalue weighted by atomic mass is 10.0. The molecule has 9 nitrogen and oxygen atoms in total. The molecule has 0 rings (SSSR count). The van der Waals surface area contributed by atoms with E-state index in [0.29, 0.717) is 17.4 Å². The molecule has 1 amide bonds. The van der Waals surface area contributed by atoms with Crippen LogP contribution >= 0.6 is 7.82 Å². The maximum atomic E-state index is 13.6. The molecule has 0 aromatic carbocycles. The zero-order chi connectivity index (χ0) is 60.7. The molecule has 0 saturated carbocycles. The van der Waals surface area contributed by atoms with E-state index in [1.54, 1.807) is 0 Å². The predicted molar refractivity (Wildman–Crippen MR) is 360 cm³/mol. The van der Waals surface area contributed by atoms with Crippen molar-refractivity contribution >= 4 is 19.7 Å². The monoisotopic (exact) mass is 1180 g/mol. The summed E-state index contributed by atoms with van der Waals surface area (Å²) in [6.45, 7) is 6.97. The van der Waals surface area contributed by atoms with Gasteiger partial charge in [-0.3, -0.25) is 18.6 Å². The number of hydrogen-bond acceptors (Lipinski definition) is 6. The summed E-state index contributed by atoms with van der Waals surface area (Å²) in [5.74, 6) is -0.509. The van der Waals surface area contributed by atoms with Gasteiger partial charge >= 0.3 is 13.8 Å². The third-order valence-corrected chi connectivity index (χ3v) is 16.3. The molecule has 0 aliphatic carbocycles.